The zero-order valence-corrected chi connectivity index (χ0v) is 13.2. The largest absolute Gasteiger partial charge is 0.369 e. The number of imidazole rings is 1. The Balaban J connectivity index is 2.18. The van der Waals surface area contributed by atoms with E-state index in [1.165, 1.54) is 19.1 Å². The van der Waals surface area contributed by atoms with E-state index in [9.17, 15) is 8.42 Å². The minimum Gasteiger partial charge on any atom is -0.369 e. The number of fused-ring (bicyclic) bond motifs is 1. The van der Waals surface area contributed by atoms with Crippen LogP contribution in [0.2, 0.25) is 0 Å². The number of para-hydroxylation sites is 1. The lowest BCUT2D eigenvalue weighted by molar-refractivity contribution is 0.289. The Bertz CT molecular complexity index is 780. The van der Waals surface area contributed by atoms with Gasteiger partial charge in [-0.25, -0.2) is 13.4 Å². The lowest BCUT2D eigenvalue weighted by Crippen LogP contribution is -2.19. The predicted octanol–water partition coefficient (Wildman–Crippen LogP) is 2.77. The Hall–Kier alpha value is -1.56. The van der Waals surface area contributed by atoms with Gasteiger partial charge in [0, 0.05) is 12.3 Å². The Morgan fingerprint density at radius 3 is 2.76 bits per heavy atom. The van der Waals surface area contributed by atoms with Crippen molar-refractivity contribution >= 4 is 26.8 Å². The van der Waals surface area contributed by atoms with Crippen molar-refractivity contribution in [3.8, 4) is 0 Å². The summed E-state index contributed by atoms with van der Waals surface area (Å²) in [6, 6.07) is 5.58. The first-order valence-corrected chi connectivity index (χ1v) is 9.23. The van der Waals surface area contributed by atoms with E-state index in [1.807, 2.05) is 10.6 Å². The highest BCUT2D eigenvalue weighted by Gasteiger charge is 2.25. The SMILES string of the molecule is CC1CCCC(n2c(N)nc3c(S(C)(=O)=O)cccc32)C1. The molecule has 0 saturated heterocycles. The zero-order valence-electron chi connectivity index (χ0n) is 12.4. The lowest BCUT2D eigenvalue weighted by Gasteiger charge is -2.28. The van der Waals surface area contributed by atoms with Crippen molar-refractivity contribution in [2.24, 2.45) is 5.92 Å². The quantitative estimate of drug-likeness (QED) is 0.925. The molecular weight excluding hydrogens is 286 g/mol. The van der Waals surface area contributed by atoms with Crippen molar-refractivity contribution in [3.05, 3.63) is 18.2 Å². The molecule has 1 heterocycles. The van der Waals surface area contributed by atoms with Crippen LogP contribution in [0.25, 0.3) is 11.0 Å². The summed E-state index contributed by atoms with van der Waals surface area (Å²) < 4.78 is 25.8. The molecule has 0 radical (unpaired) electrons. The van der Waals surface area contributed by atoms with Gasteiger partial charge in [-0.1, -0.05) is 25.8 Å². The van der Waals surface area contributed by atoms with E-state index in [2.05, 4.69) is 11.9 Å². The minimum atomic E-state index is -3.31. The van der Waals surface area contributed by atoms with E-state index >= 15 is 0 Å². The van der Waals surface area contributed by atoms with E-state index in [0.29, 0.717) is 23.4 Å². The first-order valence-electron chi connectivity index (χ1n) is 7.34. The molecule has 2 unspecified atom stereocenters. The van der Waals surface area contributed by atoms with E-state index in [0.717, 1.165) is 18.4 Å². The fourth-order valence-electron chi connectivity index (χ4n) is 3.43. The smallest absolute Gasteiger partial charge is 0.201 e. The summed E-state index contributed by atoms with van der Waals surface area (Å²) in [5.41, 5.74) is 7.42. The van der Waals surface area contributed by atoms with Crippen LogP contribution in [0.4, 0.5) is 5.95 Å². The number of hydrogen-bond acceptors (Lipinski definition) is 4. The second-order valence-corrected chi connectivity index (χ2v) is 8.15. The fourth-order valence-corrected chi connectivity index (χ4v) is 4.26. The fraction of sp³-hybridized carbons (Fsp3) is 0.533. The molecule has 1 aromatic heterocycles. The normalized spacial score (nSPS) is 23.5. The average Bonchev–Trinajstić information content (AvgIpc) is 2.73. The van der Waals surface area contributed by atoms with Crippen LogP contribution < -0.4 is 5.73 Å². The van der Waals surface area contributed by atoms with Crippen LogP contribution in [0.15, 0.2) is 23.1 Å². The summed E-state index contributed by atoms with van der Waals surface area (Å²) in [5, 5.41) is 0. The maximum atomic E-state index is 11.9. The molecule has 2 aromatic rings. The van der Waals surface area contributed by atoms with E-state index in [-0.39, 0.29) is 4.90 Å². The molecule has 1 aliphatic carbocycles. The summed E-state index contributed by atoms with van der Waals surface area (Å²) >= 11 is 0. The van der Waals surface area contributed by atoms with E-state index < -0.39 is 9.84 Å². The van der Waals surface area contributed by atoms with Gasteiger partial charge >= 0.3 is 0 Å². The van der Waals surface area contributed by atoms with Crippen LogP contribution >= 0.6 is 0 Å². The molecule has 5 nitrogen and oxygen atoms in total. The van der Waals surface area contributed by atoms with Crippen molar-refractivity contribution < 1.29 is 8.42 Å². The molecule has 1 saturated carbocycles. The molecule has 6 heteroatoms. The van der Waals surface area contributed by atoms with Crippen LogP contribution in [0.1, 0.15) is 38.6 Å². The van der Waals surface area contributed by atoms with Gasteiger partial charge in [0.05, 0.1) is 10.4 Å². The molecule has 1 aromatic carbocycles. The number of sulfone groups is 1. The third-order valence-corrected chi connectivity index (χ3v) is 5.51. The topological polar surface area (TPSA) is 78.0 Å². The average molecular weight is 307 g/mol. The number of hydrogen-bond donors (Lipinski definition) is 1. The zero-order chi connectivity index (χ0) is 15.2. The van der Waals surface area contributed by atoms with Crippen molar-refractivity contribution in [1.82, 2.24) is 9.55 Å². The van der Waals surface area contributed by atoms with Crippen LogP contribution in [0.5, 0.6) is 0 Å². The molecule has 3 rings (SSSR count). The van der Waals surface area contributed by atoms with Crippen molar-refractivity contribution in [3.63, 3.8) is 0 Å². The summed E-state index contributed by atoms with van der Waals surface area (Å²) in [6.45, 7) is 2.25. The van der Waals surface area contributed by atoms with Crippen LogP contribution in [-0.4, -0.2) is 24.2 Å². The number of nitrogens with zero attached hydrogens (tertiary/aromatic N) is 2. The summed E-state index contributed by atoms with van der Waals surface area (Å²) in [5.74, 6) is 1.08. The molecule has 0 amide bonds. The number of benzene rings is 1. The molecular formula is C15H21N3O2S. The first kappa shape index (κ1) is 14.4. The lowest BCUT2D eigenvalue weighted by atomic mass is 9.87. The minimum absolute atomic E-state index is 0.259. The van der Waals surface area contributed by atoms with Gasteiger partial charge in [0.25, 0.3) is 0 Å². The number of aromatic nitrogens is 2. The Labute approximate surface area is 125 Å². The van der Waals surface area contributed by atoms with Crippen molar-refractivity contribution in [2.45, 2.75) is 43.5 Å². The number of nitrogen functional groups attached to an aromatic ring is 1. The van der Waals surface area contributed by atoms with Gasteiger partial charge in [0.1, 0.15) is 5.52 Å². The Kier molecular flexibility index (Phi) is 3.43. The van der Waals surface area contributed by atoms with E-state index in [4.69, 9.17) is 5.73 Å². The van der Waals surface area contributed by atoms with Crippen molar-refractivity contribution in [1.29, 1.82) is 0 Å². The predicted molar refractivity (Wildman–Crippen MR) is 83.9 cm³/mol. The van der Waals surface area contributed by atoms with Crippen molar-refractivity contribution in [2.75, 3.05) is 12.0 Å². The van der Waals surface area contributed by atoms with Crippen LogP contribution in [-0.2, 0) is 9.84 Å². The molecule has 1 fully saturated rings. The molecule has 0 aliphatic heterocycles. The molecule has 21 heavy (non-hydrogen) atoms. The monoisotopic (exact) mass is 307 g/mol. The highest BCUT2D eigenvalue weighted by Crippen LogP contribution is 2.37. The molecule has 1 aliphatic rings. The number of anilines is 1. The standard InChI is InChI=1S/C15H21N3O2S/c1-10-5-3-6-11(9-10)18-12-7-4-8-13(21(2,19)20)14(12)17-15(18)16/h4,7-8,10-11H,3,5-6,9H2,1-2H3,(H2,16,17). The molecule has 2 atom stereocenters. The summed E-state index contributed by atoms with van der Waals surface area (Å²) in [7, 11) is -3.31. The second kappa shape index (κ2) is 5.02. The third-order valence-electron chi connectivity index (χ3n) is 4.38. The summed E-state index contributed by atoms with van der Waals surface area (Å²) in [4.78, 5) is 4.60. The first-order chi connectivity index (χ1) is 9.88. The molecule has 114 valence electrons. The van der Waals surface area contributed by atoms with Gasteiger partial charge in [-0.15, -0.1) is 0 Å². The maximum Gasteiger partial charge on any atom is 0.201 e. The van der Waals surface area contributed by atoms with Gasteiger partial charge in [-0.05, 0) is 30.9 Å². The molecule has 2 N–H and O–H groups in total. The van der Waals surface area contributed by atoms with Gasteiger partial charge in [0.15, 0.2) is 9.84 Å². The molecule has 0 bridgehead atoms. The Morgan fingerprint density at radius 2 is 2.10 bits per heavy atom. The number of nitrogens with two attached hydrogens (primary N) is 1. The van der Waals surface area contributed by atoms with Crippen LogP contribution in [0.3, 0.4) is 0 Å². The number of rotatable bonds is 2. The second-order valence-electron chi connectivity index (χ2n) is 6.16. The van der Waals surface area contributed by atoms with Gasteiger partial charge in [0.2, 0.25) is 5.95 Å². The highest BCUT2D eigenvalue weighted by molar-refractivity contribution is 7.91. The van der Waals surface area contributed by atoms with E-state index in [1.54, 1.807) is 12.1 Å². The van der Waals surface area contributed by atoms with Gasteiger partial charge in [-0.3, -0.25) is 0 Å². The third kappa shape index (κ3) is 2.52. The highest BCUT2D eigenvalue weighted by atomic mass is 32.2. The van der Waals surface area contributed by atoms with Crippen LogP contribution in [0, 0.1) is 5.92 Å². The Morgan fingerprint density at radius 1 is 1.33 bits per heavy atom. The maximum absolute atomic E-state index is 11.9. The summed E-state index contributed by atoms with van der Waals surface area (Å²) in [6.07, 6.45) is 5.77. The van der Waals surface area contributed by atoms with Gasteiger partial charge < -0.3 is 10.3 Å². The van der Waals surface area contributed by atoms with Gasteiger partial charge in [-0.2, -0.15) is 0 Å². The molecule has 0 spiro atoms.